The van der Waals surface area contributed by atoms with E-state index in [1.54, 1.807) is 48.2 Å². The van der Waals surface area contributed by atoms with Crippen LogP contribution in [0.2, 0.25) is 0 Å². The van der Waals surface area contributed by atoms with E-state index < -0.39 is 0 Å². The Bertz CT molecular complexity index is 3220. The summed E-state index contributed by atoms with van der Waals surface area (Å²) in [5.74, 6) is 3.01. The number of aromatic nitrogens is 3. The van der Waals surface area contributed by atoms with Gasteiger partial charge in [0.15, 0.2) is 11.5 Å². The average molecular weight is 912 g/mol. The molecule has 6 aromatic carbocycles. The van der Waals surface area contributed by atoms with Crippen LogP contribution in [-0.4, -0.2) is 48.5 Å². The van der Waals surface area contributed by atoms with Crippen LogP contribution in [-0.2, 0) is 30.9 Å². The molecule has 0 aliphatic heterocycles. The number of aryl methyl sites for hydroxylation is 1. The number of hydrogen-bond acceptors (Lipinski definition) is 12. The number of ether oxygens (including phenoxy) is 6. The van der Waals surface area contributed by atoms with Crippen molar-refractivity contribution >= 4 is 21.9 Å². The fraction of sp³-hybridized carbons (Fsp3) is 0.200. The Morgan fingerprint density at radius 1 is 0.529 bits per heavy atom. The Morgan fingerprint density at radius 3 is 1.90 bits per heavy atom. The van der Waals surface area contributed by atoms with Gasteiger partial charge in [-0.1, -0.05) is 84.1 Å². The molecular formula is C55H49N3O10. The summed E-state index contributed by atoms with van der Waals surface area (Å²) in [6.07, 6.45) is 4.39. The Kier molecular flexibility index (Phi) is 14.5. The Hall–Kier alpha value is -8.16. The summed E-state index contributed by atoms with van der Waals surface area (Å²) in [7, 11) is 1.61. The van der Waals surface area contributed by atoms with Crippen LogP contribution in [0.5, 0.6) is 28.7 Å². The first-order valence-electron chi connectivity index (χ1n) is 22.5. The number of fused-ring (bicyclic) bond motifs is 2. The summed E-state index contributed by atoms with van der Waals surface area (Å²) >= 11 is 0. The molecule has 0 bridgehead atoms. The van der Waals surface area contributed by atoms with Crippen LogP contribution in [0, 0.1) is 0 Å². The van der Waals surface area contributed by atoms with Crippen LogP contribution in [0.1, 0.15) is 29.7 Å². The van der Waals surface area contributed by atoms with E-state index in [0.29, 0.717) is 94.8 Å². The van der Waals surface area contributed by atoms with Crippen molar-refractivity contribution in [1.29, 1.82) is 0 Å². The molecule has 0 spiro atoms. The first-order valence-corrected chi connectivity index (χ1v) is 22.5. The van der Waals surface area contributed by atoms with Crippen molar-refractivity contribution in [2.24, 2.45) is 0 Å². The zero-order chi connectivity index (χ0) is 46.5. The maximum Gasteiger partial charge on any atom is 0.235 e. The van der Waals surface area contributed by atoms with Gasteiger partial charge in [-0.15, -0.1) is 5.10 Å². The van der Waals surface area contributed by atoms with Gasteiger partial charge in [0.1, 0.15) is 48.2 Å². The highest BCUT2D eigenvalue weighted by Crippen LogP contribution is 2.35. The number of hydrogen-bond donors (Lipinski definition) is 0. The fourth-order valence-electron chi connectivity index (χ4n) is 7.61. The lowest BCUT2D eigenvalue weighted by atomic mass is 10.1. The molecule has 0 atom stereocenters. The lowest BCUT2D eigenvalue weighted by Crippen LogP contribution is -2.12. The SMILES string of the molecule is COc1cccc(COc2c(-c3ccc(OCCCCc4cn(CCOCCOc5cccc(-c6oc7ccccc7c(=O)c6OCc6ccccc6)c5)nn4)cc3)oc3ccccc3c2=O)c1. The fourth-order valence-corrected chi connectivity index (χ4v) is 7.61. The molecule has 0 saturated heterocycles. The largest absolute Gasteiger partial charge is 0.497 e. The summed E-state index contributed by atoms with van der Waals surface area (Å²) < 4.78 is 49.8. The molecule has 0 radical (unpaired) electrons. The molecule has 0 amide bonds. The van der Waals surface area contributed by atoms with E-state index in [1.165, 1.54) is 0 Å². The van der Waals surface area contributed by atoms with Crippen molar-refractivity contribution in [3.63, 3.8) is 0 Å². The maximum absolute atomic E-state index is 13.6. The van der Waals surface area contributed by atoms with Crippen LogP contribution in [0.15, 0.2) is 176 Å². The van der Waals surface area contributed by atoms with Crippen molar-refractivity contribution in [2.75, 3.05) is 33.5 Å². The second-order valence-corrected chi connectivity index (χ2v) is 15.9. The van der Waals surface area contributed by atoms with Gasteiger partial charge in [-0.3, -0.25) is 9.59 Å². The predicted molar refractivity (Wildman–Crippen MR) is 259 cm³/mol. The molecule has 0 aliphatic carbocycles. The molecule has 344 valence electrons. The van der Waals surface area contributed by atoms with Gasteiger partial charge in [0.2, 0.25) is 22.4 Å². The Morgan fingerprint density at radius 2 is 1.16 bits per heavy atom. The highest BCUT2D eigenvalue weighted by Gasteiger charge is 2.20. The number of methoxy groups -OCH3 is 1. The summed E-state index contributed by atoms with van der Waals surface area (Å²) in [5, 5.41) is 9.50. The zero-order valence-electron chi connectivity index (χ0n) is 37.5. The third kappa shape index (κ3) is 11.1. The van der Waals surface area contributed by atoms with Gasteiger partial charge in [0.25, 0.3) is 0 Å². The summed E-state index contributed by atoms with van der Waals surface area (Å²) in [5.41, 5.74) is 4.53. The second kappa shape index (κ2) is 21.9. The molecule has 0 saturated carbocycles. The quantitative estimate of drug-likeness (QED) is 0.0596. The number of unbranched alkanes of at least 4 members (excludes halogenated alkanes) is 1. The highest BCUT2D eigenvalue weighted by atomic mass is 16.5. The lowest BCUT2D eigenvalue weighted by molar-refractivity contribution is 0.0923. The van der Waals surface area contributed by atoms with Crippen LogP contribution in [0.3, 0.4) is 0 Å². The first kappa shape index (κ1) is 45.0. The Labute approximate surface area is 392 Å². The van der Waals surface area contributed by atoms with E-state index in [2.05, 4.69) is 10.3 Å². The van der Waals surface area contributed by atoms with E-state index in [4.69, 9.17) is 37.3 Å². The van der Waals surface area contributed by atoms with Crippen molar-refractivity contribution in [2.45, 2.75) is 39.0 Å². The van der Waals surface area contributed by atoms with E-state index >= 15 is 0 Å². The highest BCUT2D eigenvalue weighted by molar-refractivity contribution is 5.83. The van der Waals surface area contributed by atoms with E-state index in [0.717, 1.165) is 36.1 Å². The summed E-state index contributed by atoms with van der Waals surface area (Å²) in [6.45, 7) is 2.59. The molecule has 3 heterocycles. The molecule has 9 aromatic rings. The van der Waals surface area contributed by atoms with E-state index in [-0.39, 0.29) is 35.6 Å². The van der Waals surface area contributed by atoms with Crippen LogP contribution >= 0.6 is 0 Å². The smallest absolute Gasteiger partial charge is 0.235 e. The van der Waals surface area contributed by atoms with Crippen LogP contribution in [0.25, 0.3) is 44.6 Å². The van der Waals surface area contributed by atoms with Crippen LogP contribution < -0.4 is 34.5 Å². The van der Waals surface area contributed by atoms with E-state index in [1.807, 2.05) is 121 Å². The van der Waals surface area contributed by atoms with Gasteiger partial charge >= 0.3 is 0 Å². The Balaban J connectivity index is 0.708. The topological polar surface area (TPSA) is 147 Å². The minimum atomic E-state index is -0.239. The number of rotatable bonds is 22. The van der Waals surface area contributed by atoms with Gasteiger partial charge in [0, 0.05) is 17.3 Å². The molecule has 0 fully saturated rings. The number of nitrogens with zero attached hydrogens (tertiary/aromatic N) is 3. The molecule has 9 rings (SSSR count). The monoisotopic (exact) mass is 911 g/mol. The predicted octanol–water partition coefficient (Wildman–Crippen LogP) is 10.5. The van der Waals surface area contributed by atoms with Crippen molar-refractivity contribution in [3.8, 4) is 51.4 Å². The summed E-state index contributed by atoms with van der Waals surface area (Å²) in [6, 6.07) is 46.3. The standard InChI is InChI=1S/C55H49N3O10/c1-61-44-18-11-15-39(33-44)37-66-54-50(59)46-20-5-7-22-48(46)67-52(54)40-24-26-43(27-25-40)63-29-10-9-17-42-35-58(57-56-42)28-30-62-31-32-64-45-19-12-16-41(34-45)53-55(65-36-38-13-3-2-4-14-38)51(60)47-21-6-8-23-49(47)68-53/h2-8,11-16,18-27,33-35H,9-10,17,28-32,36-37H2,1H3. The van der Waals surface area contributed by atoms with Gasteiger partial charge in [0.05, 0.1) is 49.9 Å². The normalized spacial score (nSPS) is 11.2. The second-order valence-electron chi connectivity index (χ2n) is 15.9. The molecule has 3 aromatic heterocycles. The van der Waals surface area contributed by atoms with Crippen LogP contribution in [0.4, 0.5) is 0 Å². The maximum atomic E-state index is 13.6. The first-order chi connectivity index (χ1) is 33.5. The van der Waals surface area contributed by atoms with Gasteiger partial charge < -0.3 is 37.3 Å². The number of para-hydroxylation sites is 2. The molecule has 0 unspecified atom stereocenters. The third-order valence-electron chi connectivity index (χ3n) is 11.1. The minimum absolute atomic E-state index is 0.145. The molecule has 0 aliphatic rings. The van der Waals surface area contributed by atoms with Gasteiger partial charge in [-0.2, -0.15) is 0 Å². The third-order valence-corrected chi connectivity index (χ3v) is 11.1. The van der Waals surface area contributed by atoms with Gasteiger partial charge in [-0.05, 0) is 103 Å². The van der Waals surface area contributed by atoms with Crippen molar-refractivity contribution in [1.82, 2.24) is 15.0 Å². The molecule has 13 nitrogen and oxygen atoms in total. The summed E-state index contributed by atoms with van der Waals surface area (Å²) in [4.78, 5) is 27.2. The molecule has 13 heteroatoms. The van der Waals surface area contributed by atoms with E-state index in [9.17, 15) is 9.59 Å². The number of benzene rings is 6. The minimum Gasteiger partial charge on any atom is -0.497 e. The molecular weight excluding hydrogens is 863 g/mol. The lowest BCUT2D eigenvalue weighted by Gasteiger charge is -2.13. The van der Waals surface area contributed by atoms with Gasteiger partial charge in [-0.25, -0.2) is 4.68 Å². The molecule has 0 N–H and O–H groups in total. The average Bonchev–Trinajstić information content (AvgIpc) is 3.84. The van der Waals surface area contributed by atoms with Crippen molar-refractivity contribution < 1.29 is 37.3 Å². The molecule has 68 heavy (non-hydrogen) atoms. The van der Waals surface area contributed by atoms with Crippen molar-refractivity contribution in [3.05, 3.63) is 195 Å². The zero-order valence-corrected chi connectivity index (χ0v) is 37.5.